The summed E-state index contributed by atoms with van der Waals surface area (Å²) in [7, 11) is -1.89. The summed E-state index contributed by atoms with van der Waals surface area (Å²) in [6.45, 7) is 5.12. The molecule has 0 radical (unpaired) electrons. The third-order valence-electron chi connectivity index (χ3n) is 6.46. The molecule has 1 N–H and O–H groups in total. The number of nitrogens with one attached hydrogen (secondary N) is 1. The normalized spacial score (nSPS) is 19.2. The van der Waals surface area contributed by atoms with Gasteiger partial charge in [0.05, 0.1) is 16.8 Å². The molecule has 2 aromatic carbocycles. The van der Waals surface area contributed by atoms with Crippen LogP contribution in [0.4, 0.5) is 5.69 Å². The minimum Gasteiger partial charge on any atom is -0.311 e. The molecule has 2 heterocycles. The molecule has 1 aliphatic rings. The highest BCUT2D eigenvalue weighted by Gasteiger charge is 2.40. The Morgan fingerprint density at radius 1 is 1.06 bits per heavy atom. The summed E-state index contributed by atoms with van der Waals surface area (Å²) in [6.07, 6.45) is 0.569. The summed E-state index contributed by atoms with van der Waals surface area (Å²) in [6, 6.07) is 13.1. The molecule has 1 amide bonds. The summed E-state index contributed by atoms with van der Waals surface area (Å²) in [4.78, 5) is 27.3. The Kier molecular flexibility index (Phi) is 6.59. The second kappa shape index (κ2) is 9.17. The van der Waals surface area contributed by atoms with E-state index < -0.39 is 27.4 Å². The lowest BCUT2D eigenvalue weighted by atomic mass is 9.90. The van der Waals surface area contributed by atoms with Gasteiger partial charge in [0.15, 0.2) is 0 Å². The molecule has 1 aliphatic heterocycles. The fourth-order valence-electron chi connectivity index (χ4n) is 4.47. The van der Waals surface area contributed by atoms with E-state index in [1.807, 2.05) is 37.3 Å². The van der Waals surface area contributed by atoms with Gasteiger partial charge in [-0.25, -0.2) is 13.1 Å². The number of carbonyl (C=O) groups is 1. The van der Waals surface area contributed by atoms with Crippen LogP contribution in [0.5, 0.6) is 0 Å². The number of halogens is 1. The van der Waals surface area contributed by atoms with Crippen LogP contribution in [0.2, 0.25) is 5.02 Å². The first-order valence-corrected chi connectivity index (χ1v) is 13.1. The SMILES string of the molecule is Cc1cc(=O)n(C)c2cc(N3C(=O)CCC(NS(=O)(=O)C(C)C)[C@H]3c3ccc(Cl)cc3)ccc12. The summed E-state index contributed by atoms with van der Waals surface area (Å²) < 4.78 is 29.9. The number of hydrogen-bond acceptors (Lipinski definition) is 4. The van der Waals surface area contributed by atoms with Gasteiger partial charge >= 0.3 is 0 Å². The van der Waals surface area contributed by atoms with E-state index in [9.17, 15) is 18.0 Å². The van der Waals surface area contributed by atoms with Gasteiger partial charge < -0.3 is 9.47 Å². The second-order valence-electron chi connectivity index (χ2n) is 9.04. The number of aromatic nitrogens is 1. The number of benzene rings is 2. The Morgan fingerprint density at radius 2 is 1.74 bits per heavy atom. The number of piperidine rings is 1. The number of amides is 1. The van der Waals surface area contributed by atoms with Crippen molar-refractivity contribution in [2.24, 2.45) is 7.05 Å². The molecule has 9 heteroatoms. The van der Waals surface area contributed by atoms with Crippen molar-refractivity contribution in [3.8, 4) is 0 Å². The third kappa shape index (κ3) is 4.50. The topological polar surface area (TPSA) is 88.5 Å². The first kappa shape index (κ1) is 24.4. The van der Waals surface area contributed by atoms with Crippen LogP contribution in [-0.4, -0.2) is 30.2 Å². The molecule has 2 atom stereocenters. The number of aryl methyl sites for hydroxylation is 2. The number of sulfonamides is 1. The Labute approximate surface area is 204 Å². The van der Waals surface area contributed by atoms with E-state index in [0.29, 0.717) is 22.6 Å². The van der Waals surface area contributed by atoms with Crippen molar-refractivity contribution >= 4 is 44.1 Å². The lowest BCUT2D eigenvalue weighted by molar-refractivity contribution is -0.120. The van der Waals surface area contributed by atoms with E-state index >= 15 is 0 Å². The number of carbonyl (C=O) groups excluding carboxylic acids is 1. The van der Waals surface area contributed by atoms with Gasteiger partial charge in [-0.3, -0.25) is 9.59 Å². The van der Waals surface area contributed by atoms with Crippen LogP contribution in [0.15, 0.2) is 53.3 Å². The van der Waals surface area contributed by atoms with Gasteiger partial charge in [-0.05, 0) is 62.6 Å². The van der Waals surface area contributed by atoms with Crippen LogP contribution in [0.3, 0.4) is 0 Å². The Balaban J connectivity index is 1.89. The number of hydrogen-bond donors (Lipinski definition) is 1. The van der Waals surface area contributed by atoms with Crippen LogP contribution in [0, 0.1) is 6.92 Å². The van der Waals surface area contributed by atoms with Crippen molar-refractivity contribution < 1.29 is 13.2 Å². The second-order valence-corrected chi connectivity index (χ2v) is 11.7. The summed E-state index contributed by atoms with van der Waals surface area (Å²) >= 11 is 6.11. The summed E-state index contributed by atoms with van der Waals surface area (Å²) in [5.74, 6) is -0.114. The molecule has 0 saturated carbocycles. The van der Waals surface area contributed by atoms with E-state index in [0.717, 1.165) is 16.5 Å². The standard InChI is InChI=1S/C25H28ClN3O4S/c1-15(2)34(32,33)27-21-11-12-23(30)29(25(21)17-5-7-18(26)8-6-17)19-9-10-20-16(3)13-24(31)28(4)22(20)14-19/h5-10,13-15,21,25,27H,11-12H2,1-4H3/t21?,25-/m1/s1. The third-order valence-corrected chi connectivity index (χ3v) is 8.59. The first-order chi connectivity index (χ1) is 16.0. The molecule has 7 nitrogen and oxygen atoms in total. The van der Waals surface area contributed by atoms with E-state index in [1.54, 1.807) is 48.6 Å². The van der Waals surface area contributed by atoms with Crippen molar-refractivity contribution in [3.05, 3.63) is 75.0 Å². The number of anilines is 1. The molecule has 3 aromatic rings. The van der Waals surface area contributed by atoms with E-state index in [1.165, 1.54) is 0 Å². The molecular weight excluding hydrogens is 474 g/mol. The van der Waals surface area contributed by atoms with E-state index in [-0.39, 0.29) is 17.9 Å². The first-order valence-electron chi connectivity index (χ1n) is 11.2. The van der Waals surface area contributed by atoms with Gasteiger partial charge in [0.25, 0.3) is 5.56 Å². The number of fused-ring (bicyclic) bond motifs is 1. The van der Waals surface area contributed by atoms with E-state index in [2.05, 4.69) is 4.72 Å². The molecule has 1 unspecified atom stereocenters. The molecule has 1 aromatic heterocycles. The van der Waals surface area contributed by atoms with Crippen LogP contribution in [0.1, 0.15) is 43.9 Å². The Hall–Kier alpha value is -2.68. The van der Waals surface area contributed by atoms with Gasteiger partial charge in [0.2, 0.25) is 15.9 Å². The molecular formula is C25H28ClN3O4S. The highest BCUT2D eigenvalue weighted by molar-refractivity contribution is 7.90. The summed E-state index contributed by atoms with van der Waals surface area (Å²) in [5.41, 5.74) is 2.80. The molecule has 180 valence electrons. The van der Waals surface area contributed by atoms with Gasteiger partial charge in [0.1, 0.15) is 0 Å². The van der Waals surface area contributed by atoms with Gasteiger partial charge in [-0.15, -0.1) is 0 Å². The average Bonchev–Trinajstić information content (AvgIpc) is 2.78. The van der Waals surface area contributed by atoms with Gasteiger partial charge in [-0.1, -0.05) is 29.8 Å². The predicted octanol–water partition coefficient (Wildman–Crippen LogP) is 4.06. The molecule has 1 saturated heterocycles. The fourth-order valence-corrected chi connectivity index (χ4v) is 5.53. The van der Waals surface area contributed by atoms with Crippen LogP contribution in [-0.2, 0) is 21.9 Å². The lowest BCUT2D eigenvalue weighted by Crippen LogP contribution is -2.53. The van der Waals surface area contributed by atoms with Gasteiger partial charge in [0, 0.05) is 41.7 Å². The van der Waals surface area contributed by atoms with Crippen LogP contribution < -0.4 is 15.2 Å². The highest BCUT2D eigenvalue weighted by Crippen LogP contribution is 2.38. The quantitative estimate of drug-likeness (QED) is 0.571. The van der Waals surface area contributed by atoms with Crippen LogP contribution >= 0.6 is 11.6 Å². The highest BCUT2D eigenvalue weighted by atomic mass is 35.5. The van der Waals surface area contributed by atoms with E-state index in [4.69, 9.17) is 11.6 Å². The number of rotatable bonds is 5. The monoisotopic (exact) mass is 501 g/mol. The maximum absolute atomic E-state index is 13.3. The minimum atomic E-state index is -3.58. The fraction of sp³-hybridized carbons (Fsp3) is 0.360. The van der Waals surface area contributed by atoms with Crippen LogP contribution in [0.25, 0.3) is 10.9 Å². The maximum Gasteiger partial charge on any atom is 0.251 e. The lowest BCUT2D eigenvalue weighted by Gasteiger charge is -2.42. The molecule has 0 aliphatic carbocycles. The largest absolute Gasteiger partial charge is 0.311 e. The number of nitrogens with zero attached hydrogens (tertiary/aromatic N) is 2. The minimum absolute atomic E-state index is 0.114. The van der Waals surface area contributed by atoms with Crippen molar-refractivity contribution in [3.63, 3.8) is 0 Å². The summed E-state index contributed by atoms with van der Waals surface area (Å²) in [5, 5.41) is 0.853. The Bertz CT molecular complexity index is 1410. The van der Waals surface area contributed by atoms with Gasteiger partial charge in [-0.2, -0.15) is 0 Å². The molecule has 4 rings (SSSR count). The van der Waals surface area contributed by atoms with Crippen molar-refractivity contribution in [1.29, 1.82) is 0 Å². The average molecular weight is 502 g/mol. The van der Waals surface area contributed by atoms with Crippen molar-refractivity contribution in [1.82, 2.24) is 9.29 Å². The predicted molar refractivity (Wildman–Crippen MR) is 136 cm³/mol. The molecule has 0 bridgehead atoms. The van der Waals surface area contributed by atoms with Crippen molar-refractivity contribution in [2.45, 2.75) is 50.9 Å². The molecule has 1 fully saturated rings. The molecule has 0 spiro atoms. The smallest absolute Gasteiger partial charge is 0.251 e. The zero-order valence-corrected chi connectivity index (χ0v) is 21.2. The molecule has 34 heavy (non-hydrogen) atoms. The number of pyridine rings is 1. The zero-order valence-electron chi connectivity index (χ0n) is 19.6. The Morgan fingerprint density at radius 3 is 2.38 bits per heavy atom. The maximum atomic E-state index is 13.3. The van der Waals surface area contributed by atoms with Crippen molar-refractivity contribution in [2.75, 3.05) is 4.90 Å². The zero-order chi connectivity index (χ0) is 24.8.